The van der Waals surface area contributed by atoms with Gasteiger partial charge < -0.3 is 10.1 Å². The Hall–Kier alpha value is -0.120. The highest BCUT2D eigenvalue weighted by Gasteiger charge is 2.39. The van der Waals surface area contributed by atoms with E-state index in [4.69, 9.17) is 4.74 Å². The minimum absolute atomic E-state index is 0.661. The fraction of sp³-hybridized carbons (Fsp3) is 1.00. The Morgan fingerprint density at radius 2 is 2.00 bits per heavy atom. The molecule has 0 aromatic heterocycles. The largest absolute Gasteiger partial charge is 0.383 e. The number of ether oxygens (including phenoxy) is 1. The zero-order valence-corrected chi connectivity index (χ0v) is 13.2. The molecule has 0 spiro atoms. The molecule has 0 aromatic carbocycles. The molecule has 2 rings (SSSR count). The van der Waals surface area contributed by atoms with Crippen LogP contribution in [0.15, 0.2) is 0 Å². The molecule has 19 heavy (non-hydrogen) atoms. The molecule has 0 aliphatic heterocycles. The third kappa shape index (κ3) is 3.93. The van der Waals surface area contributed by atoms with Crippen LogP contribution < -0.4 is 5.32 Å². The summed E-state index contributed by atoms with van der Waals surface area (Å²) in [6, 6.07) is 2.08. The molecule has 0 bridgehead atoms. The maximum Gasteiger partial charge on any atom is 0.0589 e. The summed E-state index contributed by atoms with van der Waals surface area (Å²) in [5.41, 5.74) is 0. The van der Waals surface area contributed by atoms with Gasteiger partial charge in [0.1, 0.15) is 0 Å². The minimum Gasteiger partial charge on any atom is -0.383 e. The summed E-state index contributed by atoms with van der Waals surface area (Å²) in [6.07, 6.45) is 6.89. The van der Waals surface area contributed by atoms with Crippen LogP contribution in [-0.4, -0.2) is 50.3 Å². The number of rotatable bonds is 7. The molecule has 3 nitrogen and oxygen atoms in total. The van der Waals surface area contributed by atoms with E-state index in [1.54, 1.807) is 0 Å². The van der Waals surface area contributed by atoms with Crippen molar-refractivity contribution >= 4 is 0 Å². The Kier molecular flexibility index (Phi) is 5.67. The molecule has 2 fully saturated rings. The van der Waals surface area contributed by atoms with Gasteiger partial charge in [-0.25, -0.2) is 0 Å². The van der Waals surface area contributed by atoms with E-state index in [0.29, 0.717) is 12.1 Å². The van der Waals surface area contributed by atoms with E-state index in [1.807, 2.05) is 7.11 Å². The fourth-order valence-corrected chi connectivity index (χ4v) is 3.77. The van der Waals surface area contributed by atoms with Crippen molar-refractivity contribution in [1.82, 2.24) is 10.2 Å². The molecule has 4 unspecified atom stereocenters. The monoisotopic (exact) mass is 268 g/mol. The van der Waals surface area contributed by atoms with Crippen molar-refractivity contribution in [3.8, 4) is 0 Å². The van der Waals surface area contributed by atoms with Gasteiger partial charge in [-0.05, 0) is 57.9 Å². The predicted molar refractivity (Wildman–Crippen MR) is 80.4 cm³/mol. The smallest absolute Gasteiger partial charge is 0.0589 e. The van der Waals surface area contributed by atoms with Gasteiger partial charge in [-0.2, -0.15) is 0 Å². The summed E-state index contributed by atoms with van der Waals surface area (Å²) in [6.45, 7) is 6.79. The van der Waals surface area contributed by atoms with Gasteiger partial charge in [0.05, 0.1) is 6.61 Å². The second-order valence-corrected chi connectivity index (χ2v) is 6.69. The molecule has 2 saturated carbocycles. The fourth-order valence-electron chi connectivity index (χ4n) is 3.77. The zero-order valence-electron chi connectivity index (χ0n) is 13.2. The normalized spacial score (nSPS) is 33.6. The summed E-state index contributed by atoms with van der Waals surface area (Å²) in [5, 5.41) is 3.56. The summed E-state index contributed by atoms with van der Waals surface area (Å²) in [5.74, 6) is 1.80. The number of methoxy groups -OCH3 is 1. The molecular formula is C16H32N2O. The molecule has 0 amide bonds. The average Bonchev–Trinajstić information content (AvgIpc) is 3.23. The van der Waals surface area contributed by atoms with E-state index < -0.39 is 0 Å². The van der Waals surface area contributed by atoms with Crippen molar-refractivity contribution in [2.45, 2.75) is 64.1 Å². The van der Waals surface area contributed by atoms with Gasteiger partial charge in [-0.1, -0.05) is 6.92 Å². The highest BCUT2D eigenvalue weighted by molar-refractivity contribution is 4.95. The average molecular weight is 268 g/mol. The van der Waals surface area contributed by atoms with E-state index >= 15 is 0 Å². The molecule has 0 radical (unpaired) electrons. The molecule has 0 aromatic rings. The Bertz CT molecular complexity index is 267. The van der Waals surface area contributed by atoms with Gasteiger partial charge >= 0.3 is 0 Å². The second kappa shape index (κ2) is 7.05. The molecule has 0 saturated heterocycles. The van der Waals surface area contributed by atoms with Crippen molar-refractivity contribution < 1.29 is 4.74 Å². The van der Waals surface area contributed by atoms with Crippen LogP contribution in [0.25, 0.3) is 0 Å². The van der Waals surface area contributed by atoms with Crippen molar-refractivity contribution in [2.24, 2.45) is 11.8 Å². The number of likely N-dealkylation sites (N-methyl/N-ethyl adjacent to an activating group) is 1. The molecule has 4 atom stereocenters. The topological polar surface area (TPSA) is 24.5 Å². The lowest BCUT2D eigenvalue weighted by molar-refractivity contribution is 0.0386. The summed E-state index contributed by atoms with van der Waals surface area (Å²) in [7, 11) is 3.95. The van der Waals surface area contributed by atoms with Crippen molar-refractivity contribution in [3.63, 3.8) is 0 Å². The van der Waals surface area contributed by atoms with E-state index in [0.717, 1.165) is 31.0 Å². The van der Waals surface area contributed by atoms with E-state index in [2.05, 4.69) is 31.1 Å². The van der Waals surface area contributed by atoms with Crippen LogP contribution >= 0.6 is 0 Å². The lowest BCUT2D eigenvalue weighted by atomic mass is 9.82. The van der Waals surface area contributed by atoms with Crippen molar-refractivity contribution in [1.29, 1.82) is 0 Å². The van der Waals surface area contributed by atoms with Crippen LogP contribution in [0.2, 0.25) is 0 Å². The molecule has 2 aliphatic carbocycles. The number of hydrogen-bond donors (Lipinski definition) is 1. The SMILES string of the molecule is CNC1CCC(C)CC1N(CCOC)C(C)C1CC1. The highest BCUT2D eigenvalue weighted by Crippen LogP contribution is 2.38. The molecular weight excluding hydrogens is 236 g/mol. The second-order valence-electron chi connectivity index (χ2n) is 6.69. The third-order valence-electron chi connectivity index (χ3n) is 5.26. The van der Waals surface area contributed by atoms with Crippen molar-refractivity contribution in [3.05, 3.63) is 0 Å². The summed E-state index contributed by atoms with van der Waals surface area (Å²) in [4.78, 5) is 2.75. The number of hydrogen-bond acceptors (Lipinski definition) is 3. The maximum atomic E-state index is 5.35. The van der Waals surface area contributed by atoms with Crippen LogP contribution in [0.4, 0.5) is 0 Å². The Morgan fingerprint density at radius 3 is 2.58 bits per heavy atom. The van der Waals surface area contributed by atoms with Gasteiger partial charge in [0.2, 0.25) is 0 Å². The Balaban J connectivity index is 2.04. The van der Waals surface area contributed by atoms with Crippen molar-refractivity contribution in [2.75, 3.05) is 27.3 Å². The molecule has 3 heteroatoms. The maximum absolute atomic E-state index is 5.35. The molecule has 0 heterocycles. The zero-order chi connectivity index (χ0) is 13.8. The Labute approximate surface area is 119 Å². The lowest BCUT2D eigenvalue weighted by Crippen LogP contribution is -2.56. The summed E-state index contributed by atoms with van der Waals surface area (Å²) < 4.78 is 5.35. The first kappa shape index (κ1) is 15.3. The lowest BCUT2D eigenvalue weighted by Gasteiger charge is -2.45. The first-order valence-electron chi connectivity index (χ1n) is 8.09. The third-order valence-corrected chi connectivity index (χ3v) is 5.26. The molecule has 112 valence electrons. The van der Waals surface area contributed by atoms with Gasteiger partial charge in [-0.3, -0.25) is 4.90 Å². The first-order valence-corrected chi connectivity index (χ1v) is 8.09. The Morgan fingerprint density at radius 1 is 1.26 bits per heavy atom. The molecule has 1 N–H and O–H groups in total. The quantitative estimate of drug-likeness (QED) is 0.768. The van der Waals surface area contributed by atoms with Gasteiger partial charge in [-0.15, -0.1) is 0 Å². The van der Waals surface area contributed by atoms with E-state index in [9.17, 15) is 0 Å². The summed E-state index contributed by atoms with van der Waals surface area (Å²) >= 11 is 0. The number of nitrogens with zero attached hydrogens (tertiary/aromatic N) is 1. The first-order chi connectivity index (χ1) is 9.17. The van der Waals surface area contributed by atoms with E-state index in [1.165, 1.54) is 32.1 Å². The van der Waals surface area contributed by atoms with Gasteiger partial charge in [0.15, 0.2) is 0 Å². The van der Waals surface area contributed by atoms with Gasteiger partial charge in [0, 0.05) is 31.8 Å². The minimum atomic E-state index is 0.661. The van der Waals surface area contributed by atoms with Crippen LogP contribution in [0.3, 0.4) is 0 Å². The predicted octanol–water partition coefficient (Wildman–Crippen LogP) is 2.51. The number of nitrogens with one attached hydrogen (secondary N) is 1. The van der Waals surface area contributed by atoms with Crippen LogP contribution in [0, 0.1) is 11.8 Å². The van der Waals surface area contributed by atoms with Crippen LogP contribution in [0.5, 0.6) is 0 Å². The van der Waals surface area contributed by atoms with Gasteiger partial charge in [0.25, 0.3) is 0 Å². The molecule has 2 aliphatic rings. The van der Waals surface area contributed by atoms with Crippen LogP contribution in [0.1, 0.15) is 46.0 Å². The highest BCUT2D eigenvalue weighted by atomic mass is 16.5. The van der Waals surface area contributed by atoms with Crippen LogP contribution in [-0.2, 0) is 4.74 Å². The standard InChI is InChI=1S/C16H32N2O/c1-12-5-8-15(17-3)16(11-12)18(9-10-19-4)13(2)14-6-7-14/h12-17H,5-11H2,1-4H3. The van der Waals surface area contributed by atoms with E-state index in [-0.39, 0.29) is 0 Å².